The average molecular weight is 242 g/mol. The predicted octanol–water partition coefficient (Wildman–Crippen LogP) is 2.46. The van der Waals surface area contributed by atoms with E-state index in [4.69, 9.17) is 10.00 Å². The van der Waals surface area contributed by atoms with Crippen molar-refractivity contribution in [2.45, 2.75) is 26.5 Å². The number of fused-ring (bicyclic) bond motifs is 1. The van der Waals surface area contributed by atoms with Crippen LogP contribution < -0.4 is 0 Å². The van der Waals surface area contributed by atoms with Crippen molar-refractivity contribution in [3.05, 3.63) is 36.0 Å². The molecule has 18 heavy (non-hydrogen) atoms. The summed E-state index contributed by atoms with van der Waals surface area (Å²) in [6.07, 6.45) is 1.71. The van der Waals surface area contributed by atoms with Crippen LogP contribution >= 0.6 is 0 Å². The molecule has 1 aromatic carbocycles. The Morgan fingerprint density at radius 1 is 1.44 bits per heavy atom. The van der Waals surface area contributed by atoms with Gasteiger partial charge in [0.1, 0.15) is 6.54 Å². The van der Waals surface area contributed by atoms with Crippen LogP contribution in [0.2, 0.25) is 0 Å². The van der Waals surface area contributed by atoms with Crippen molar-refractivity contribution >= 4 is 16.9 Å². The predicted molar refractivity (Wildman–Crippen MR) is 67.9 cm³/mol. The number of hydrogen-bond donors (Lipinski definition) is 0. The van der Waals surface area contributed by atoms with Gasteiger partial charge in [-0.05, 0) is 37.4 Å². The van der Waals surface area contributed by atoms with Crippen LogP contribution in [0.4, 0.5) is 0 Å². The Morgan fingerprint density at radius 2 is 2.22 bits per heavy atom. The van der Waals surface area contributed by atoms with Crippen molar-refractivity contribution in [1.82, 2.24) is 4.57 Å². The molecule has 0 radical (unpaired) electrons. The normalized spacial score (nSPS) is 10.6. The number of nitrogens with zero attached hydrogens (tertiary/aromatic N) is 2. The van der Waals surface area contributed by atoms with Gasteiger partial charge in [-0.2, -0.15) is 5.26 Å². The lowest BCUT2D eigenvalue weighted by Crippen LogP contribution is -2.16. The number of rotatable bonds is 3. The third-order valence-corrected chi connectivity index (χ3v) is 2.57. The molecule has 92 valence electrons. The number of esters is 1. The minimum absolute atomic E-state index is 0.117. The Labute approximate surface area is 105 Å². The maximum atomic E-state index is 11.6. The van der Waals surface area contributed by atoms with Gasteiger partial charge in [0, 0.05) is 11.7 Å². The molecule has 0 N–H and O–H groups in total. The summed E-state index contributed by atoms with van der Waals surface area (Å²) >= 11 is 0. The molecule has 4 nitrogen and oxygen atoms in total. The van der Waals surface area contributed by atoms with Crippen LogP contribution in [0.3, 0.4) is 0 Å². The van der Waals surface area contributed by atoms with E-state index in [9.17, 15) is 4.79 Å². The molecule has 4 heteroatoms. The Balaban J connectivity index is 2.28. The maximum Gasteiger partial charge on any atom is 0.326 e. The summed E-state index contributed by atoms with van der Waals surface area (Å²) in [4.78, 5) is 11.6. The second kappa shape index (κ2) is 4.92. The van der Waals surface area contributed by atoms with Gasteiger partial charge in [0.25, 0.3) is 0 Å². The van der Waals surface area contributed by atoms with Crippen molar-refractivity contribution in [2.75, 3.05) is 0 Å². The molecule has 0 aliphatic carbocycles. The minimum Gasteiger partial charge on any atom is -0.462 e. The van der Waals surface area contributed by atoms with Gasteiger partial charge in [0.15, 0.2) is 0 Å². The molecule has 0 aliphatic heterocycles. The Hall–Kier alpha value is -2.28. The van der Waals surface area contributed by atoms with Crippen LogP contribution in [0.15, 0.2) is 30.5 Å². The summed E-state index contributed by atoms with van der Waals surface area (Å²) in [7, 11) is 0. The second-order valence-electron chi connectivity index (χ2n) is 4.37. The zero-order valence-electron chi connectivity index (χ0n) is 10.4. The van der Waals surface area contributed by atoms with E-state index in [0.29, 0.717) is 5.56 Å². The fourth-order valence-electron chi connectivity index (χ4n) is 1.83. The van der Waals surface area contributed by atoms with Crippen molar-refractivity contribution in [3.63, 3.8) is 0 Å². The highest BCUT2D eigenvalue weighted by molar-refractivity contribution is 5.83. The summed E-state index contributed by atoms with van der Waals surface area (Å²) < 4.78 is 6.90. The summed E-state index contributed by atoms with van der Waals surface area (Å²) in [5, 5.41) is 9.88. The number of carbonyl (C=O) groups excluding carboxylic acids is 1. The summed E-state index contributed by atoms with van der Waals surface area (Å²) in [5.41, 5.74) is 1.45. The van der Waals surface area contributed by atoms with Crippen LogP contribution in [0.5, 0.6) is 0 Å². The first-order chi connectivity index (χ1) is 8.60. The molecule has 1 heterocycles. The number of aromatic nitrogens is 1. The van der Waals surface area contributed by atoms with Gasteiger partial charge >= 0.3 is 5.97 Å². The van der Waals surface area contributed by atoms with Crippen LogP contribution in [0.25, 0.3) is 10.9 Å². The molecule has 0 atom stereocenters. The van der Waals surface area contributed by atoms with E-state index < -0.39 is 0 Å². The minimum atomic E-state index is -0.273. The molecule has 0 aliphatic rings. The lowest BCUT2D eigenvalue weighted by atomic mass is 10.2. The molecule has 0 spiro atoms. The molecule has 0 amide bonds. The highest BCUT2D eigenvalue weighted by Crippen LogP contribution is 2.17. The fourth-order valence-corrected chi connectivity index (χ4v) is 1.83. The van der Waals surface area contributed by atoms with Gasteiger partial charge in [0.05, 0.1) is 17.7 Å². The van der Waals surface area contributed by atoms with Gasteiger partial charge in [-0.3, -0.25) is 4.79 Å². The fraction of sp³-hybridized carbons (Fsp3) is 0.286. The lowest BCUT2D eigenvalue weighted by molar-refractivity contribution is -0.148. The monoisotopic (exact) mass is 242 g/mol. The Kier molecular flexibility index (Phi) is 3.33. The molecular formula is C14H14N2O2. The quantitative estimate of drug-likeness (QED) is 0.777. The van der Waals surface area contributed by atoms with Crippen molar-refractivity contribution in [3.8, 4) is 6.07 Å². The number of hydrogen-bond acceptors (Lipinski definition) is 3. The molecule has 0 saturated carbocycles. The van der Waals surface area contributed by atoms with E-state index >= 15 is 0 Å². The van der Waals surface area contributed by atoms with Crippen LogP contribution in [0, 0.1) is 11.3 Å². The summed E-state index contributed by atoms with van der Waals surface area (Å²) in [6.45, 7) is 3.80. The van der Waals surface area contributed by atoms with Gasteiger partial charge in [-0.25, -0.2) is 0 Å². The molecular weight excluding hydrogens is 228 g/mol. The van der Waals surface area contributed by atoms with Crippen LogP contribution in [-0.2, 0) is 16.1 Å². The molecule has 2 rings (SSSR count). The molecule has 0 saturated heterocycles. The lowest BCUT2D eigenvalue weighted by Gasteiger charge is -2.09. The van der Waals surface area contributed by atoms with Gasteiger partial charge < -0.3 is 9.30 Å². The number of ether oxygens (including phenoxy) is 1. The molecule has 0 fully saturated rings. The van der Waals surface area contributed by atoms with E-state index in [1.165, 1.54) is 0 Å². The molecule has 1 aromatic heterocycles. The SMILES string of the molecule is CC(C)OC(=O)Cn1ccc2ccc(C#N)cc21. The van der Waals surface area contributed by atoms with Gasteiger partial charge in [0.2, 0.25) is 0 Å². The van der Waals surface area contributed by atoms with Gasteiger partial charge in [-0.15, -0.1) is 0 Å². The zero-order valence-corrected chi connectivity index (χ0v) is 10.4. The smallest absolute Gasteiger partial charge is 0.326 e. The van der Waals surface area contributed by atoms with Gasteiger partial charge in [-0.1, -0.05) is 6.07 Å². The van der Waals surface area contributed by atoms with E-state index in [-0.39, 0.29) is 18.6 Å². The zero-order chi connectivity index (χ0) is 13.1. The highest BCUT2D eigenvalue weighted by Gasteiger charge is 2.09. The largest absolute Gasteiger partial charge is 0.462 e. The van der Waals surface area contributed by atoms with E-state index in [1.54, 1.807) is 16.7 Å². The Morgan fingerprint density at radius 3 is 2.89 bits per heavy atom. The number of carbonyl (C=O) groups is 1. The first-order valence-corrected chi connectivity index (χ1v) is 5.78. The number of nitriles is 1. The Bertz CT molecular complexity index is 620. The van der Waals surface area contributed by atoms with E-state index in [0.717, 1.165) is 10.9 Å². The van der Waals surface area contributed by atoms with Crippen molar-refractivity contribution < 1.29 is 9.53 Å². The maximum absolute atomic E-state index is 11.6. The first-order valence-electron chi connectivity index (χ1n) is 5.78. The third kappa shape index (κ3) is 2.51. The van der Waals surface area contributed by atoms with Crippen molar-refractivity contribution in [1.29, 1.82) is 5.26 Å². The third-order valence-electron chi connectivity index (χ3n) is 2.57. The molecule has 0 unspecified atom stereocenters. The van der Waals surface area contributed by atoms with Crippen LogP contribution in [-0.4, -0.2) is 16.6 Å². The summed E-state index contributed by atoms with van der Waals surface area (Å²) in [5.74, 6) is -0.273. The highest BCUT2D eigenvalue weighted by atomic mass is 16.5. The summed E-state index contributed by atoms with van der Waals surface area (Å²) in [6, 6.07) is 9.42. The number of benzene rings is 1. The van der Waals surface area contributed by atoms with Crippen LogP contribution in [0.1, 0.15) is 19.4 Å². The van der Waals surface area contributed by atoms with E-state index in [1.807, 2.05) is 32.2 Å². The van der Waals surface area contributed by atoms with E-state index in [2.05, 4.69) is 6.07 Å². The topological polar surface area (TPSA) is 55.0 Å². The molecule has 2 aromatic rings. The first kappa shape index (κ1) is 12.2. The second-order valence-corrected chi connectivity index (χ2v) is 4.37. The van der Waals surface area contributed by atoms with Crippen molar-refractivity contribution in [2.24, 2.45) is 0 Å². The molecule has 0 bridgehead atoms. The standard InChI is InChI=1S/C14H14N2O2/c1-10(2)18-14(17)9-16-6-5-12-4-3-11(8-15)7-13(12)16/h3-7,10H,9H2,1-2H3. The average Bonchev–Trinajstić information content (AvgIpc) is 2.70.